The second-order valence-corrected chi connectivity index (χ2v) is 14.2. The van der Waals surface area contributed by atoms with Crippen LogP contribution in [-0.2, 0) is 0 Å². The SMILES string of the molecule is c1ccc(-c2cc(-c3ccccc3)nc(-c3ccc4c5ccc(-c6ccc7c(c6)c6ccccc6n7-c6ccccc6)cc5c5ccccc5c4c3)n2)cc1. The van der Waals surface area contributed by atoms with Crippen LogP contribution < -0.4 is 0 Å². The molecule has 55 heavy (non-hydrogen) atoms. The van der Waals surface area contributed by atoms with Gasteiger partial charge in [-0.15, -0.1) is 0 Å². The van der Waals surface area contributed by atoms with Crippen molar-refractivity contribution in [3.63, 3.8) is 0 Å². The number of hydrogen-bond donors (Lipinski definition) is 0. The molecule has 0 radical (unpaired) electrons. The van der Waals surface area contributed by atoms with E-state index in [2.05, 4.69) is 193 Å². The highest BCUT2D eigenvalue weighted by molar-refractivity contribution is 6.26. The fourth-order valence-electron chi connectivity index (χ4n) is 8.37. The summed E-state index contributed by atoms with van der Waals surface area (Å²) < 4.78 is 2.37. The van der Waals surface area contributed by atoms with Gasteiger partial charge in [-0.3, -0.25) is 0 Å². The van der Waals surface area contributed by atoms with Gasteiger partial charge in [0.25, 0.3) is 0 Å². The van der Waals surface area contributed by atoms with Gasteiger partial charge in [-0.1, -0.05) is 152 Å². The summed E-state index contributed by atoms with van der Waals surface area (Å²) in [5, 5.41) is 9.84. The minimum absolute atomic E-state index is 0.714. The van der Waals surface area contributed by atoms with Gasteiger partial charge in [0.2, 0.25) is 0 Å². The Hall–Kier alpha value is -7.36. The maximum absolute atomic E-state index is 5.14. The number of para-hydroxylation sites is 2. The van der Waals surface area contributed by atoms with Crippen LogP contribution in [0.2, 0.25) is 0 Å². The summed E-state index contributed by atoms with van der Waals surface area (Å²) in [5.41, 5.74) is 10.9. The topological polar surface area (TPSA) is 30.7 Å². The van der Waals surface area contributed by atoms with Crippen LogP contribution in [-0.4, -0.2) is 14.5 Å². The van der Waals surface area contributed by atoms with Crippen LogP contribution in [0.15, 0.2) is 200 Å². The quantitative estimate of drug-likeness (QED) is 0.167. The fraction of sp³-hybridized carbons (Fsp3) is 0. The lowest BCUT2D eigenvalue weighted by Crippen LogP contribution is -1.96. The van der Waals surface area contributed by atoms with Gasteiger partial charge < -0.3 is 4.57 Å². The second-order valence-electron chi connectivity index (χ2n) is 14.2. The van der Waals surface area contributed by atoms with Crippen LogP contribution in [0.4, 0.5) is 0 Å². The number of benzene rings is 9. The van der Waals surface area contributed by atoms with E-state index in [0.29, 0.717) is 5.82 Å². The molecule has 2 heterocycles. The molecule has 0 saturated heterocycles. The molecule has 2 aromatic heterocycles. The summed E-state index contributed by atoms with van der Waals surface area (Å²) in [4.78, 5) is 10.3. The molecule has 0 unspecified atom stereocenters. The van der Waals surface area contributed by atoms with Crippen LogP contribution >= 0.6 is 0 Å². The Morgan fingerprint density at radius 3 is 1.33 bits per heavy atom. The van der Waals surface area contributed by atoms with Crippen molar-refractivity contribution in [1.82, 2.24) is 14.5 Å². The Morgan fingerprint density at radius 1 is 0.273 bits per heavy atom. The molecule has 256 valence electrons. The maximum Gasteiger partial charge on any atom is 0.160 e. The van der Waals surface area contributed by atoms with Gasteiger partial charge in [0.1, 0.15) is 0 Å². The summed E-state index contributed by atoms with van der Waals surface area (Å²) in [6.45, 7) is 0. The zero-order valence-corrected chi connectivity index (χ0v) is 29.9. The van der Waals surface area contributed by atoms with E-state index in [1.807, 2.05) is 12.1 Å². The first kappa shape index (κ1) is 31.2. The van der Waals surface area contributed by atoms with Crippen molar-refractivity contribution in [1.29, 1.82) is 0 Å². The summed E-state index contributed by atoms with van der Waals surface area (Å²) >= 11 is 0. The number of aromatic nitrogens is 3. The summed E-state index contributed by atoms with van der Waals surface area (Å²) in [5.74, 6) is 0.714. The smallest absolute Gasteiger partial charge is 0.160 e. The molecule has 0 aliphatic rings. The molecule has 0 fully saturated rings. The number of rotatable bonds is 5. The van der Waals surface area contributed by atoms with Gasteiger partial charge in [-0.2, -0.15) is 0 Å². The van der Waals surface area contributed by atoms with Crippen molar-refractivity contribution >= 4 is 54.1 Å². The first-order valence-corrected chi connectivity index (χ1v) is 18.7. The number of nitrogens with zero attached hydrogens (tertiary/aromatic N) is 3. The standard InChI is InChI=1S/C52H33N3/c1-4-14-34(15-5-1)48-33-49(35-16-6-2-7-17-35)54-52(53-48)38-25-28-43-42-27-24-36(30-45(42)40-20-10-11-21-41(40)46(43)32-38)37-26-29-51-47(31-37)44-22-12-13-23-50(44)55(51)39-18-8-3-9-19-39/h1-33H. The third kappa shape index (κ3) is 5.20. The fourth-order valence-corrected chi connectivity index (χ4v) is 8.37. The van der Waals surface area contributed by atoms with Crippen molar-refractivity contribution in [2.45, 2.75) is 0 Å². The average Bonchev–Trinajstić information content (AvgIpc) is 3.60. The lowest BCUT2D eigenvalue weighted by atomic mass is 9.91. The molecule has 0 bridgehead atoms. The third-order valence-corrected chi connectivity index (χ3v) is 11.0. The molecule has 0 spiro atoms. The highest BCUT2D eigenvalue weighted by atomic mass is 15.0. The molecule has 11 rings (SSSR count). The molecule has 3 nitrogen and oxygen atoms in total. The zero-order valence-electron chi connectivity index (χ0n) is 29.9. The third-order valence-electron chi connectivity index (χ3n) is 11.0. The highest BCUT2D eigenvalue weighted by Crippen LogP contribution is 2.40. The second kappa shape index (κ2) is 12.6. The lowest BCUT2D eigenvalue weighted by molar-refractivity contribution is 1.18. The zero-order chi connectivity index (χ0) is 36.3. The first-order chi connectivity index (χ1) is 27.3. The van der Waals surface area contributed by atoms with E-state index in [4.69, 9.17) is 9.97 Å². The Kier molecular flexibility index (Phi) is 7.17. The predicted molar refractivity (Wildman–Crippen MR) is 231 cm³/mol. The molecule has 11 aromatic rings. The highest BCUT2D eigenvalue weighted by Gasteiger charge is 2.16. The van der Waals surface area contributed by atoms with Crippen LogP contribution in [0.1, 0.15) is 0 Å². The molecule has 0 amide bonds. The maximum atomic E-state index is 5.14. The van der Waals surface area contributed by atoms with Gasteiger partial charge in [0.15, 0.2) is 5.82 Å². The van der Waals surface area contributed by atoms with Crippen molar-refractivity contribution in [3.8, 4) is 50.7 Å². The monoisotopic (exact) mass is 699 g/mol. The minimum atomic E-state index is 0.714. The molecule has 0 N–H and O–H groups in total. The van der Waals surface area contributed by atoms with Crippen LogP contribution in [0.5, 0.6) is 0 Å². The average molecular weight is 700 g/mol. The van der Waals surface area contributed by atoms with Crippen LogP contribution in [0.25, 0.3) is 105 Å². The van der Waals surface area contributed by atoms with E-state index in [0.717, 1.165) is 28.1 Å². The summed E-state index contributed by atoms with van der Waals surface area (Å²) in [6, 6.07) is 71.5. The Bertz CT molecular complexity index is 3160. The first-order valence-electron chi connectivity index (χ1n) is 18.7. The molecule has 0 aliphatic heterocycles. The Morgan fingerprint density at radius 2 is 0.709 bits per heavy atom. The van der Waals surface area contributed by atoms with Crippen molar-refractivity contribution < 1.29 is 0 Å². The molecular formula is C52H33N3. The van der Waals surface area contributed by atoms with Gasteiger partial charge >= 0.3 is 0 Å². The van der Waals surface area contributed by atoms with E-state index in [9.17, 15) is 0 Å². The molecule has 0 atom stereocenters. The van der Waals surface area contributed by atoms with Crippen molar-refractivity contribution in [2.75, 3.05) is 0 Å². The van der Waals surface area contributed by atoms with Crippen LogP contribution in [0.3, 0.4) is 0 Å². The Labute approximate surface area is 318 Å². The number of fused-ring (bicyclic) bond motifs is 9. The van der Waals surface area contributed by atoms with Gasteiger partial charge in [0.05, 0.1) is 22.4 Å². The van der Waals surface area contributed by atoms with Gasteiger partial charge in [0, 0.05) is 33.2 Å². The lowest BCUT2D eigenvalue weighted by Gasteiger charge is -2.14. The summed E-state index contributed by atoms with van der Waals surface area (Å²) in [6.07, 6.45) is 0. The molecular weight excluding hydrogens is 667 g/mol. The minimum Gasteiger partial charge on any atom is -0.309 e. The molecule has 9 aromatic carbocycles. The Balaban J connectivity index is 1.07. The molecule has 0 aliphatic carbocycles. The van der Waals surface area contributed by atoms with E-state index < -0.39 is 0 Å². The largest absolute Gasteiger partial charge is 0.309 e. The van der Waals surface area contributed by atoms with E-state index in [1.165, 1.54) is 70.9 Å². The van der Waals surface area contributed by atoms with Crippen LogP contribution in [0, 0.1) is 0 Å². The van der Waals surface area contributed by atoms with E-state index >= 15 is 0 Å². The predicted octanol–water partition coefficient (Wildman–Crippen LogP) is 13.7. The summed E-state index contributed by atoms with van der Waals surface area (Å²) in [7, 11) is 0. The van der Waals surface area contributed by atoms with Gasteiger partial charge in [-0.25, -0.2) is 9.97 Å². The normalized spacial score (nSPS) is 11.6. The van der Waals surface area contributed by atoms with Crippen molar-refractivity contribution in [2.24, 2.45) is 0 Å². The van der Waals surface area contributed by atoms with E-state index in [1.54, 1.807) is 0 Å². The van der Waals surface area contributed by atoms with Crippen molar-refractivity contribution in [3.05, 3.63) is 200 Å². The number of hydrogen-bond acceptors (Lipinski definition) is 2. The van der Waals surface area contributed by atoms with E-state index in [-0.39, 0.29) is 0 Å². The molecule has 3 heteroatoms. The molecule has 0 saturated carbocycles. The van der Waals surface area contributed by atoms with Gasteiger partial charge in [-0.05, 0) is 92.0 Å².